The molecule has 1 aliphatic carbocycles. The summed E-state index contributed by atoms with van der Waals surface area (Å²) in [5.74, 6) is -1.71. The van der Waals surface area contributed by atoms with E-state index in [4.69, 9.17) is 5.11 Å². The Hall–Kier alpha value is -1.93. The van der Waals surface area contributed by atoms with Gasteiger partial charge in [-0.2, -0.15) is 0 Å². The van der Waals surface area contributed by atoms with Gasteiger partial charge in [0.15, 0.2) is 0 Å². The maximum Gasteiger partial charge on any atom is 0.308 e. The summed E-state index contributed by atoms with van der Waals surface area (Å²) in [6.45, 7) is 3.52. The topological polar surface area (TPSA) is 104 Å². The molecule has 8 heteroatoms. The van der Waals surface area contributed by atoms with Crippen molar-refractivity contribution in [1.82, 2.24) is 9.62 Å². The molecule has 0 saturated heterocycles. The molecule has 2 N–H and O–H groups in total. The van der Waals surface area contributed by atoms with Crippen LogP contribution >= 0.6 is 0 Å². The summed E-state index contributed by atoms with van der Waals surface area (Å²) in [5, 5.41) is 9.07. The molecule has 1 unspecified atom stereocenters. The summed E-state index contributed by atoms with van der Waals surface area (Å²) in [5.41, 5.74) is 1.23. The molecule has 1 aromatic rings. The van der Waals surface area contributed by atoms with Crippen LogP contribution in [0.4, 0.5) is 0 Å². The summed E-state index contributed by atoms with van der Waals surface area (Å²) >= 11 is 0. The Bertz CT molecular complexity index is 726. The molecule has 0 aliphatic heterocycles. The molecule has 0 heterocycles. The molecule has 138 valence electrons. The Kier molecular flexibility index (Phi) is 6.18. The maximum absolute atomic E-state index is 12.7. The van der Waals surface area contributed by atoms with E-state index in [9.17, 15) is 18.0 Å². The van der Waals surface area contributed by atoms with Crippen molar-refractivity contribution < 1.29 is 23.1 Å². The number of carbonyl (C=O) groups is 2. The van der Waals surface area contributed by atoms with Gasteiger partial charge in [-0.3, -0.25) is 9.59 Å². The number of hydrogen-bond acceptors (Lipinski definition) is 4. The van der Waals surface area contributed by atoms with Crippen molar-refractivity contribution in [3.8, 4) is 0 Å². The van der Waals surface area contributed by atoms with Crippen LogP contribution in [-0.4, -0.2) is 48.6 Å². The second-order valence-corrected chi connectivity index (χ2v) is 8.44. The number of carbonyl (C=O) groups excluding carboxylic acids is 1. The van der Waals surface area contributed by atoms with Crippen molar-refractivity contribution in [2.24, 2.45) is 5.92 Å². The number of hydrogen-bond donors (Lipinski definition) is 2. The summed E-state index contributed by atoms with van der Waals surface area (Å²) in [4.78, 5) is 25.4. The van der Waals surface area contributed by atoms with E-state index in [1.165, 1.54) is 0 Å². The largest absolute Gasteiger partial charge is 0.481 e. The molecule has 1 aromatic carbocycles. The third-order valence-electron chi connectivity index (χ3n) is 4.22. The van der Waals surface area contributed by atoms with Crippen LogP contribution in [0.2, 0.25) is 0 Å². The van der Waals surface area contributed by atoms with Crippen molar-refractivity contribution in [1.29, 1.82) is 0 Å². The molecular weight excluding hydrogens is 344 g/mol. The molecule has 7 nitrogen and oxygen atoms in total. The Balaban J connectivity index is 2.04. The lowest BCUT2D eigenvalue weighted by Crippen LogP contribution is -2.38. The van der Waals surface area contributed by atoms with Gasteiger partial charge < -0.3 is 10.0 Å². The van der Waals surface area contributed by atoms with Gasteiger partial charge in [-0.25, -0.2) is 13.1 Å². The number of aliphatic carboxylic acids is 1. The molecule has 25 heavy (non-hydrogen) atoms. The fourth-order valence-electron chi connectivity index (χ4n) is 2.38. The number of carboxylic acids is 1. The number of nitrogens with one attached hydrogen (secondary N) is 1. The van der Waals surface area contributed by atoms with Gasteiger partial charge in [0.2, 0.25) is 10.0 Å². The lowest BCUT2D eigenvalue weighted by Gasteiger charge is -2.24. The zero-order valence-corrected chi connectivity index (χ0v) is 15.3. The molecular formula is C17H24N2O5S. The van der Waals surface area contributed by atoms with E-state index in [0.29, 0.717) is 5.56 Å². The average Bonchev–Trinajstić information content (AvgIpc) is 3.42. The first-order valence-electron chi connectivity index (χ1n) is 8.33. The first-order chi connectivity index (χ1) is 11.7. The zero-order valence-electron chi connectivity index (χ0n) is 14.4. The molecule has 0 radical (unpaired) electrons. The smallest absolute Gasteiger partial charge is 0.308 e. The predicted molar refractivity (Wildman–Crippen MR) is 93.6 cm³/mol. The Morgan fingerprint density at radius 3 is 2.36 bits per heavy atom. The van der Waals surface area contributed by atoms with Crippen molar-refractivity contribution in [3.63, 3.8) is 0 Å². The lowest BCUT2D eigenvalue weighted by atomic mass is 10.1. The van der Waals surface area contributed by atoms with Crippen LogP contribution in [0.3, 0.4) is 0 Å². The lowest BCUT2D eigenvalue weighted by molar-refractivity contribution is -0.141. The maximum atomic E-state index is 12.7. The number of rotatable bonds is 9. The van der Waals surface area contributed by atoms with Gasteiger partial charge in [-0.15, -0.1) is 0 Å². The Labute approximate surface area is 148 Å². The predicted octanol–water partition coefficient (Wildman–Crippen LogP) is 1.45. The van der Waals surface area contributed by atoms with Gasteiger partial charge in [0.1, 0.15) is 0 Å². The van der Waals surface area contributed by atoms with E-state index in [2.05, 4.69) is 4.72 Å². The van der Waals surface area contributed by atoms with Crippen LogP contribution < -0.4 is 4.72 Å². The summed E-state index contributed by atoms with van der Waals surface area (Å²) in [6, 6.07) is 6.83. The standard InChI is InChI=1S/C17H24N2O5S/c1-3-25(23,24)18-10-13-4-6-14(7-5-13)16(20)19(15-8-9-15)11-12(2)17(21)22/h4-7,12,15,18H,3,8-11H2,1-2H3,(H,21,22). The Morgan fingerprint density at radius 1 is 1.28 bits per heavy atom. The van der Waals surface area contributed by atoms with Crippen LogP contribution in [0.5, 0.6) is 0 Å². The summed E-state index contributed by atoms with van der Waals surface area (Å²) in [7, 11) is -3.26. The van der Waals surface area contributed by atoms with Crippen LogP contribution in [0.1, 0.15) is 42.6 Å². The van der Waals surface area contributed by atoms with Gasteiger partial charge in [0.25, 0.3) is 5.91 Å². The van der Waals surface area contributed by atoms with Gasteiger partial charge in [0.05, 0.1) is 11.7 Å². The number of nitrogens with zero attached hydrogens (tertiary/aromatic N) is 1. The van der Waals surface area contributed by atoms with Crippen LogP contribution in [0, 0.1) is 5.92 Å². The molecule has 0 spiro atoms. The van der Waals surface area contributed by atoms with Gasteiger partial charge >= 0.3 is 5.97 Å². The summed E-state index contributed by atoms with van der Waals surface area (Å²) < 4.78 is 25.4. The van der Waals surface area contributed by atoms with Crippen LogP contribution in [0.25, 0.3) is 0 Å². The van der Waals surface area contributed by atoms with E-state index in [0.717, 1.165) is 18.4 Å². The highest BCUT2D eigenvalue weighted by Crippen LogP contribution is 2.29. The van der Waals surface area contributed by atoms with Gasteiger partial charge in [-0.1, -0.05) is 19.1 Å². The highest BCUT2D eigenvalue weighted by atomic mass is 32.2. The third-order valence-corrected chi connectivity index (χ3v) is 5.56. The normalized spacial score (nSPS) is 15.6. The number of benzene rings is 1. The average molecular weight is 368 g/mol. The van der Waals surface area contributed by atoms with E-state index >= 15 is 0 Å². The fourth-order valence-corrected chi connectivity index (χ4v) is 2.97. The first-order valence-corrected chi connectivity index (χ1v) is 9.98. The number of carboxylic acid groups (broad SMARTS) is 1. The molecule has 1 saturated carbocycles. The molecule has 1 amide bonds. The second kappa shape index (κ2) is 7.97. The molecule has 1 fully saturated rings. The SMILES string of the molecule is CCS(=O)(=O)NCc1ccc(C(=O)N(CC(C)C(=O)O)C2CC2)cc1. The van der Waals surface area contributed by atoms with Crippen molar-refractivity contribution in [2.75, 3.05) is 12.3 Å². The quantitative estimate of drug-likeness (QED) is 0.687. The van der Waals surface area contributed by atoms with E-state index in [-0.39, 0.29) is 30.8 Å². The molecule has 0 bridgehead atoms. The van der Waals surface area contributed by atoms with Crippen molar-refractivity contribution >= 4 is 21.9 Å². The minimum atomic E-state index is -3.26. The molecule has 0 aromatic heterocycles. The first kappa shape index (κ1) is 19.4. The number of amides is 1. The van der Waals surface area contributed by atoms with E-state index in [1.54, 1.807) is 43.0 Å². The highest BCUT2D eigenvalue weighted by Gasteiger charge is 2.34. The number of sulfonamides is 1. The minimum Gasteiger partial charge on any atom is -0.481 e. The third kappa shape index (κ3) is 5.54. The fraction of sp³-hybridized carbons (Fsp3) is 0.529. The zero-order chi connectivity index (χ0) is 18.6. The van der Waals surface area contributed by atoms with Crippen molar-refractivity contribution in [2.45, 2.75) is 39.3 Å². The van der Waals surface area contributed by atoms with Crippen LogP contribution in [-0.2, 0) is 21.4 Å². The van der Waals surface area contributed by atoms with Crippen molar-refractivity contribution in [3.05, 3.63) is 35.4 Å². The monoisotopic (exact) mass is 368 g/mol. The second-order valence-electron chi connectivity index (χ2n) is 6.35. The van der Waals surface area contributed by atoms with E-state index < -0.39 is 21.9 Å². The Morgan fingerprint density at radius 2 is 1.88 bits per heavy atom. The van der Waals surface area contributed by atoms with E-state index in [1.807, 2.05) is 0 Å². The van der Waals surface area contributed by atoms with Gasteiger partial charge in [-0.05, 0) is 37.5 Å². The molecule has 1 aliphatic rings. The highest BCUT2D eigenvalue weighted by molar-refractivity contribution is 7.89. The van der Waals surface area contributed by atoms with Gasteiger partial charge in [0, 0.05) is 24.7 Å². The molecule has 1 atom stereocenters. The summed E-state index contributed by atoms with van der Waals surface area (Å²) in [6.07, 6.45) is 1.80. The molecule has 2 rings (SSSR count). The minimum absolute atomic E-state index is 0.0156. The van der Waals surface area contributed by atoms with Crippen LogP contribution in [0.15, 0.2) is 24.3 Å².